The summed E-state index contributed by atoms with van der Waals surface area (Å²) < 4.78 is 16.7. The highest BCUT2D eigenvalue weighted by molar-refractivity contribution is 5.85. The maximum atomic E-state index is 5.97. The van der Waals surface area contributed by atoms with E-state index in [9.17, 15) is 0 Å². The van der Waals surface area contributed by atoms with Gasteiger partial charge in [-0.3, -0.25) is 0 Å². The largest absolute Gasteiger partial charge is 0.497 e. The highest BCUT2D eigenvalue weighted by Gasteiger charge is 2.07. The van der Waals surface area contributed by atoms with Crippen LogP contribution in [0.3, 0.4) is 0 Å². The summed E-state index contributed by atoms with van der Waals surface area (Å²) in [6.07, 6.45) is 0.971. The summed E-state index contributed by atoms with van der Waals surface area (Å²) in [5.41, 5.74) is 4.83. The van der Waals surface area contributed by atoms with Crippen LogP contribution in [0.15, 0.2) is 66.7 Å². The number of methoxy groups -OCH3 is 2. The van der Waals surface area contributed by atoms with E-state index in [1.165, 1.54) is 16.7 Å². The third-order valence-electron chi connectivity index (χ3n) is 4.78. The fourth-order valence-electron chi connectivity index (χ4n) is 3.16. The summed E-state index contributed by atoms with van der Waals surface area (Å²) in [7, 11) is 3.36. The van der Waals surface area contributed by atoms with Crippen LogP contribution in [0.2, 0.25) is 0 Å². The van der Waals surface area contributed by atoms with Gasteiger partial charge in [-0.05, 0) is 60.8 Å². The topological polar surface area (TPSA) is 39.7 Å². The molecule has 3 aromatic carbocycles. The highest BCUT2D eigenvalue weighted by atomic mass is 35.5. The van der Waals surface area contributed by atoms with Crippen molar-refractivity contribution in [1.29, 1.82) is 0 Å². The Balaban J connectivity index is 0.00000320. The Morgan fingerprint density at radius 2 is 1.53 bits per heavy atom. The summed E-state index contributed by atoms with van der Waals surface area (Å²) in [6, 6.07) is 22.6. The van der Waals surface area contributed by atoms with Gasteiger partial charge in [0.2, 0.25) is 0 Å². The van der Waals surface area contributed by atoms with Crippen LogP contribution in [-0.4, -0.2) is 20.8 Å². The van der Waals surface area contributed by atoms with Crippen LogP contribution < -0.4 is 19.5 Å². The van der Waals surface area contributed by atoms with Crippen molar-refractivity contribution < 1.29 is 14.2 Å². The van der Waals surface area contributed by atoms with Gasteiger partial charge in [0, 0.05) is 6.54 Å². The Morgan fingerprint density at radius 3 is 2.23 bits per heavy atom. The molecule has 3 aromatic rings. The van der Waals surface area contributed by atoms with Crippen LogP contribution in [-0.2, 0) is 19.6 Å². The Labute approximate surface area is 185 Å². The molecular weight excluding hydrogens is 398 g/mol. The molecule has 4 nitrogen and oxygen atoms in total. The molecule has 0 amide bonds. The molecule has 0 spiro atoms. The molecule has 160 valence electrons. The standard InChI is InChI=1S/C25H29NO3.ClH/c1-19-5-4-6-22(15-19)18-29-24-12-9-21(16-25(24)28-3)17-26-14-13-20-7-10-23(27-2)11-8-20;/h4-12,15-16,26H,13-14,17-18H2,1-3H3;1H. The van der Waals surface area contributed by atoms with Crippen LogP contribution in [0.1, 0.15) is 22.3 Å². The van der Waals surface area contributed by atoms with Gasteiger partial charge in [-0.1, -0.05) is 48.0 Å². The maximum Gasteiger partial charge on any atom is 0.161 e. The molecule has 0 aliphatic rings. The number of aryl methyl sites for hydroxylation is 1. The van der Waals surface area contributed by atoms with Crippen molar-refractivity contribution in [2.75, 3.05) is 20.8 Å². The van der Waals surface area contributed by atoms with Crippen molar-refractivity contribution in [2.45, 2.75) is 26.5 Å². The Kier molecular flexibility index (Phi) is 9.52. The van der Waals surface area contributed by atoms with E-state index in [1.54, 1.807) is 14.2 Å². The SMILES string of the molecule is COc1ccc(CCNCc2ccc(OCc3cccc(C)c3)c(OC)c2)cc1.Cl. The van der Waals surface area contributed by atoms with Crippen molar-refractivity contribution in [1.82, 2.24) is 5.32 Å². The Bertz CT molecular complexity index is 913. The van der Waals surface area contributed by atoms with Gasteiger partial charge in [0.1, 0.15) is 12.4 Å². The second-order valence-corrected chi connectivity index (χ2v) is 7.04. The quantitative estimate of drug-likeness (QED) is 0.443. The molecule has 0 atom stereocenters. The Hall–Kier alpha value is -2.69. The number of benzene rings is 3. The second kappa shape index (κ2) is 12.1. The number of rotatable bonds is 10. The zero-order valence-corrected chi connectivity index (χ0v) is 18.6. The van der Waals surface area contributed by atoms with E-state index >= 15 is 0 Å². The first-order chi connectivity index (χ1) is 14.2. The number of hydrogen-bond donors (Lipinski definition) is 1. The van der Waals surface area contributed by atoms with Gasteiger partial charge in [-0.25, -0.2) is 0 Å². The van der Waals surface area contributed by atoms with Gasteiger partial charge in [-0.2, -0.15) is 0 Å². The summed E-state index contributed by atoms with van der Waals surface area (Å²) in [5, 5.41) is 3.49. The molecule has 0 radical (unpaired) electrons. The lowest BCUT2D eigenvalue weighted by Crippen LogP contribution is -2.16. The molecule has 0 aliphatic heterocycles. The van der Waals surface area contributed by atoms with Crippen molar-refractivity contribution in [3.8, 4) is 17.2 Å². The van der Waals surface area contributed by atoms with Crippen LogP contribution >= 0.6 is 12.4 Å². The number of halogens is 1. The molecule has 0 aromatic heterocycles. The van der Waals surface area contributed by atoms with E-state index in [1.807, 2.05) is 30.3 Å². The van der Waals surface area contributed by atoms with E-state index in [0.29, 0.717) is 6.61 Å². The predicted molar refractivity (Wildman–Crippen MR) is 124 cm³/mol. The van der Waals surface area contributed by atoms with Crippen molar-refractivity contribution in [2.24, 2.45) is 0 Å². The zero-order chi connectivity index (χ0) is 20.5. The molecular formula is C25H30ClNO3. The molecule has 0 saturated heterocycles. The fourth-order valence-corrected chi connectivity index (χ4v) is 3.16. The predicted octanol–water partition coefficient (Wildman–Crippen LogP) is 5.35. The normalized spacial score (nSPS) is 10.2. The summed E-state index contributed by atoms with van der Waals surface area (Å²) in [4.78, 5) is 0. The molecule has 30 heavy (non-hydrogen) atoms. The van der Waals surface area contributed by atoms with Gasteiger partial charge in [-0.15, -0.1) is 12.4 Å². The van der Waals surface area contributed by atoms with Gasteiger partial charge >= 0.3 is 0 Å². The molecule has 0 aliphatic carbocycles. The van der Waals surface area contributed by atoms with Crippen molar-refractivity contribution in [3.63, 3.8) is 0 Å². The van der Waals surface area contributed by atoms with E-state index in [-0.39, 0.29) is 12.4 Å². The molecule has 0 saturated carbocycles. The van der Waals surface area contributed by atoms with E-state index in [4.69, 9.17) is 14.2 Å². The van der Waals surface area contributed by atoms with Crippen LogP contribution in [0.5, 0.6) is 17.2 Å². The second-order valence-electron chi connectivity index (χ2n) is 7.04. The van der Waals surface area contributed by atoms with Gasteiger partial charge in [0.25, 0.3) is 0 Å². The smallest absolute Gasteiger partial charge is 0.161 e. The van der Waals surface area contributed by atoms with E-state index < -0.39 is 0 Å². The summed E-state index contributed by atoms with van der Waals surface area (Å²) in [6.45, 7) is 4.29. The van der Waals surface area contributed by atoms with Gasteiger partial charge < -0.3 is 19.5 Å². The van der Waals surface area contributed by atoms with Crippen LogP contribution in [0, 0.1) is 6.92 Å². The highest BCUT2D eigenvalue weighted by Crippen LogP contribution is 2.29. The third kappa shape index (κ3) is 6.97. The number of ether oxygens (including phenoxy) is 3. The lowest BCUT2D eigenvalue weighted by molar-refractivity contribution is 0.284. The third-order valence-corrected chi connectivity index (χ3v) is 4.78. The van der Waals surface area contributed by atoms with E-state index in [0.717, 1.165) is 42.3 Å². The maximum absolute atomic E-state index is 5.97. The molecule has 0 bridgehead atoms. The minimum absolute atomic E-state index is 0. The van der Waals surface area contributed by atoms with Gasteiger partial charge in [0.05, 0.1) is 14.2 Å². The fraction of sp³-hybridized carbons (Fsp3) is 0.280. The van der Waals surface area contributed by atoms with Gasteiger partial charge in [0.15, 0.2) is 11.5 Å². The van der Waals surface area contributed by atoms with Crippen molar-refractivity contribution in [3.05, 3.63) is 89.0 Å². The average Bonchev–Trinajstić information content (AvgIpc) is 2.76. The van der Waals surface area contributed by atoms with Crippen molar-refractivity contribution >= 4 is 12.4 Å². The molecule has 0 heterocycles. The number of nitrogens with one attached hydrogen (secondary N) is 1. The minimum atomic E-state index is 0. The summed E-state index contributed by atoms with van der Waals surface area (Å²) in [5.74, 6) is 2.40. The molecule has 5 heteroatoms. The lowest BCUT2D eigenvalue weighted by atomic mass is 10.1. The lowest BCUT2D eigenvalue weighted by Gasteiger charge is -2.13. The molecule has 0 fully saturated rings. The molecule has 1 N–H and O–H groups in total. The molecule has 3 rings (SSSR count). The Morgan fingerprint density at radius 1 is 0.767 bits per heavy atom. The van der Waals surface area contributed by atoms with Crippen LogP contribution in [0.25, 0.3) is 0 Å². The first-order valence-electron chi connectivity index (χ1n) is 9.87. The monoisotopic (exact) mass is 427 g/mol. The van der Waals surface area contributed by atoms with E-state index in [2.05, 4.69) is 48.6 Å². The average molecular weight is 428 g/mol. The first kappa shape index (κ1) is 23.6. The number of hydrogen-bond acceptors (Lipinski definition) is 4. The first-order valence-corrected chi connectivity index (χ1v) is 9.87. The summed E-state index contributed by atoms with van der Waals surface area (Å²) >= 11 is 0. The molecule has 0 unspecified atom stereocenters. The zero-order valence-electron chi connectivity index (χ0n) is 17.8. The minimum Gasteiger partial charge on any atom is -0.497 e. The van der Waals surface area contributed by atoms with Crippen LogP contribution in [0.4, 0.5) is 0 Å².